The number of nitrogens with zero attached hydrogens (tertiary/aromatic N) is 1. The molecule has 0 saturated carbocycles. The van der Waals surface area contributed by atoms with E-state index in [9.17, 15) is 20.2 Å². The lowest BCUT2D eigenvalue weighted by atomic mass is 9.70. The van der Waals surface area contributed by atoms with Crippen LogP contribution >= 0.6 is 0 Å². The lowest BCUT2D eigenvalue weighted by Gasteiger charge is -2.50. The summed E-state index contributed by atoms with van der Waals surface area (Å²) in [6.45, 7) is 8.62. The Balaban J connectivity index is 1.53. The SMILES string of the molecule is CC[C@H]1O[C@]2(CC[C@@H]1C)C[C@@H]1C[C@@H](C/C=C(\C)C[C@@H](C)/C=C/C=C3\CO[C@@H]4[C@H](O)C(/C=N/O)=C[C@@H](C(=O)O1)[C@]34O)O2. The van der Waals surface area contributed by atoms with E-state index in [2.05, 4.69) is 45.0 Å². The molecule has 2 bridgehead atoms. The standard InChI is InChI=1S/C32H45NO8/c1-5-27-21(4)11-12-31(41-27)16-25-15-24(40-31)10-9-20(3)13-19(2)7-6-8-23-18-38-29-28(34)22(17-33-37)14-26(30(35)39-25)32(23,29)36/h6-9,14,17,19,21,24-29,34,36-37H,5,10-13,15-16,18H2,1-4H3/b7-6+,20-9+,23-8+,33-17+/t19-,21-,24+,25-,26-,27+,28+,29+,31+,32+/m0/s1. The summed E-state index contributed by atoms with van der Waals surface area (Å²) in [7, 11) is 0. The fourth-order valence-electron chi connectivity index (χ4n) is 7.28. The van der Waals surface area contributed by atoms with Crippen molar-refractivity contribution >= 4 is 12.2 Å². The predicted molar refractivity (Wildman–Crippen MR) is 152 cm³/mol. The van der Waals surface area contributed by atoms with Crippen molar-refractivity contribution in [1.29, 1.82) is 0 Å². The lowest BCUT2D eigenvalue weighted by Crippen LogP contribution is -2.58. The Bertz CT molecular complexity index is 1140. The average molecular weight is 572 g/mol. The van der Waals surface area contributed by atoms with Crippen molar-refractivity contribution < 1.29 is 39.2 Å². The third kappa shape index (κ3) is 5.97. The molecule has 5 rings (SSSR count). The molecular formula is C32H45NO8. The van der Waals surface area contributed by atoms with Gasteiger partial charge in [-0.05, 0) is 50.0 Å². The third-order valence-corrected chi connectivity index (χ3v) is 9.51. The Morgan fingerprint density at radius 1 is 1.22 bits per heavy atom. The summed E-state index contributed by atoms with van der Waals surface area (Å²) in [5.74, 6) is -1.97. The summed E-state index contributed by atoms with van der Waals surface area (Å²) in [6, 6.07) is 0. The van der Waals surface area contributed by atoms with Gasteiger partial charge in [-0.25, -0.2) is 0 Å². The first kappa shape index (κ1) is 30.2. The zero-order valence-corrected chi connectivity index (χ0v) is 24.6. The fraction of sp³-hybridized carbons (Fsp3) is 0.688. The minimum Gasteiger partial charge on any atom is -0.462 e. The van der Waals surface area contributed by atoms with Crippen molar-refractivity contribution in [3.63, 3.8) is 0 Å². The zero-order valence-electron chi connectivity index (χ0n) is 24.6. The number of rotatable bonds is 2. The molecule has 3 saturated heterocycles. The van der Waals surface area contributed by atoms with Gasteiger partial charge in [-0.2, -0.15) is 0 Å². The van der Waals surface area contributed by atoms with Crippen LogP contribution in [0.25, 0.3) is 0 Å². The van der Waals surface area contributed by atoms with Crippen LogP contribution in [0.4, 0.5) is 0 Å². The maximum atomic E-state index is 14.0. The second-order valence-corrected chi connectivity index (χ2v) is 12.7. The second-order valence-electron chi connectivity index (χ2n) is 12.7. The number of aliphatic hydroxyl groups is 2. The molecule has 0 unspecified atom stereocenters. The largest absolute Gasteiger partial charge is 0.462 e. The second kappa shape index (κ2) is 12.1. The van der Waals surface area contributed by atoms with Crippen molar-refractivity contribution in [2.45, 2.75) is 115 Å². The zero-order chi connectivity index (χ0) is 29.4. The molecule has 0 aromatic rings. The van der Waals surface area contributed by atoms with E-state index in [1.807, 2.05) is 6.08 Å². The average Bonchev–Trinajstić information content (AvgIpc) is 3.27. The number of fused-ring (bicyclic) bond motifs is 2. The Kier molecular flexibility index (Phi) is 8.93. The minimum absolute atomic E-state index is 0.0456. The van der Waals surface area contributed by atoms with Gasteiger partial charge in [0, 0.05) is 24.8 Å². The lowest BCUT2D eigenvalue weighted by molar-refractivity contribution is -0.335. The van der Waals surface area contributed by atoms with Crippen LogP contribution in [-0.4, -0.2) is 76.1 Å². The van der Waals surface area contributed by atoms with Gasteiger partial charge < -0.3 is 34.4 Å². The van der Waals surface area contributed by atoms with Crippen LogP contribution < -0.4 is 0 Å². The molecule has 41 heavy (non-hydrogen) atoms. The van der Waals surface area contributed by atoms with Crippen molar-refractivity contribution in [2.24, 2.45) is 22.9 Å². The molecule has 4 heterocycles. The van der Waals surface area contributed by atoms with E-state index in [1.165, 1.54) is 11.6 Å². The number of ether oxygens (including phenoxy) is 4. The summed E-state index contributed by atoms with van der Waals surface area (Å²) in [4.78, 5) is 14.0. The molecule has 1 spiro atoms. The molecule has 9 nitrogen and oxygen atoms in total. The van der Waals surface area contributed by atoms with E-state index < -0.39 is 41.6 Å². The van der Waals surface area contributed by atoms with Crippen LogP contribution in [0.1, 0.15) is 72.6 Å². The third-order valence-electron chi connectivity index (χ3n) is 9.51. The molecule has 0 radical (unpaired) electrons. The first-order valence-corrected chi connectivity index (χ1v) is 15.1. The van der Waals surface area contributed by atoms with E-state index in [-0.39, 0.29) is 30.3 Å². The molecule has 226 valence electrons. The molecule has 0 aromatic heterocycles. The van der Waals surface area contributed by atoms with Crippen molar-refractivity contribution in [2.75, 3.05) is 6.61 Å². The van der Waals surface area contributed by atoms with E-state index in [4.69, 9.17) is 18.9 Å². The highest BCUT2D eigenvalue weighted by atomic mass is 16.7. The molecule has 5 aliphatic rings. The number of hydrogen-bond donors (Lipinski definition) is 3. The Morgan fingerprint density at radius 3 is 2.78 bits per heavy atom. The van der Waals surface area contributed by atoms with Crippen LogP contribution in [0, 0.1) is 17.8 Å². The van der Waals surface area contributed by atoms with Gasteiger partial charge in [0.25, 0.3) is 0 Å². The molecule has 4 aliphatic heterocycles. The van der Waals surface area contributed by atoms with E-state index in [0.29, 0.717) is 30.8 Å². The van der Waals surface area contributed by atoms with E-state index in [1.54, 1.807) is 6.08 Å². The van der Waals surface area contributed by atoms with Crippen LogP contribution in [0.15, 0.2) is 52.3 Å². The summed E-state index contributed by atoms with van der Waals surface area (Å²) in [6.07, 6.45) is 12.4. The van der Waals surface area contributed by atoms with Gasteiger partial charge in [0.2, 0.25) is 0 Å². The fourth-order valence-corrected chi connectivity index (χ4v) is 7.28. The molecule has 3 N–H and O–H groups in total. The molecular weight excluding hydrogens is 526 g/mol. The van der Waals surface area contributed by atoms with Crippen LogP contribution in [0.5, 0.6) is 0 Å². The minimum atomic E-state index is -1.82. The molecule has 10 atom stereocenters. The van der Waals surface area contributed by atoms with Crippen molar-refractivity contribution in [1.82, 2.24) is 0 Å². The highest BCUT2D eigenvalue weighted by molar-refractivity contribution is 5.85. The maximum absolute atomic E-state index is 14.0. The number of hydrogen-bond acceptors (Lipinski definition) is 9. The summed E-state index contributed by atoms with van der Waals surface area (Å²) in [5.41, 5.74) is 0.0983. The highest BCUT2D eigenvalue weighted by Gasteiger charge is 2.60. The Morgan fingerprint density at radius 2 is 2.02 bits per heavy atom. The Hall–Kier alpha value is -2.30. The van der Waals surface area contributed by atoms with Crippen LogP contribution in [0.2, 0.25) is 0 Å². The molecule has 0 amide bonds. The first-order chi connectivity index (χ1) is 19.6. The molecule has 9 heteroatoms. The van der Waals surface area contributed by atoms with E-state index >= 15 is 0 Å². The smallest absolute Gasteiger partial charge is 0.316 e. The van der Waals surface area contributed by atoms with Gasteiger partial charge in [-0.3, -0.25) is 4.79 Å². The topological polar surface area (TPSA) is 127 Å². The number of carbonyl (C=O) groups excluding carboxylic acids is 1. The van der Waals surface area contributed by atoms with Crippen LogP contribution in [0.3, 0.4) is 0 Å². The molecule has 1 aliphatic carbocycles. The predicted octanol–water partition coefficient (Wildman–Crippen LogP) is 4.36. The maximum Gasteiger partial charge on any atom is 0.316 e. The van der Waals surface area contributed by atoms with Gasteiger partial charge in [-0.1, -0.05) is 61.9 Å². The van der Waals surface area contributed by atoms with Gasteiger partial charge in [0.05, 0.1) is 25.0 Å². The number of oxime groups is 1. The molecule has 3 fully saturated rings. The number of carbonyl (C=O) groups is 1. The van der Waals surface area contributed by atoms with E-state index in [0.717, 1.165) is 31.9 Å². The first-order valence-electron chi connectivity index (χ1n) is 15.1. The number of allylic oxidation sites excluding steroid dienone is 4. The van der Waals surface area contributed by atoms with Crippen molar-refractivity contribution in [3.8, 4) is 0 Å². The van der Waals surface area contributed by atoms with Crippen molar-refractivity contribution in [3.05, 3.63) is 47.1 Å². The highest BCUT2D eigenvalue weighted by Crippen LogP contribution is 2.47. The molecule has 0 aromatic carbocycles. The number of aliphatic hydroxyl groups excluding tert-OH is 1. The van der Waals surface area contributed by atoms with Gasteiger partial charge >= 0.3 is 5.97 Å². The summed E-state index contributed by atoms with van der Waals surface area (Å²) < 4.78 is 25.4. The monoisotopic (exact) mass is 571 g/mol. The number of esters is 1. The van der Waals surface area contributed by atoms with Gasteiger partial charge in [0.1, 0.15) is 29.8 Å². The van der Waals surface area contributed by atoms with Crippen LogP contribution in [-0.2, 0) is 23.7 Å². The van der Waals surface area contributed by atoms with Gasteiger partial charge in [-0.15, -0.1) is 0 Å². The quantitative estimate of drug-likeness (QED) is 0.147. The van der Waals surface area contributed by atoms with Gasteiger partial charge in [0.15, 0.2) is 5.79 Å². The normalized spacial score (nSPS) is 47.1. The summed E-state index contributed by atoms with van der Waals surface area (Å²) >= 11 is 0. The Labute approximate surface area is 242 Å². The summed E-state index contributed by atoms with van der Waals surface area (Å²) in [5, 5.41) is 35.3.